The predicted molar refractivity (Wildman–Crippen MR) is 128 cm³/mol. The van der Waals surface area contributed by atoms with Gasteiger partial charge in [0.05, 0.1) is 6.04 Å². The first kappa shape index (κ1) is 21.5. The molecule has 176 valence electrons. The number of halogens is 1. The Labute approximate surface area is 199 Å². The number of fused-ring (bicyclic) bond motifs is 1. The zero-order chi connectivity index (χ0) is 23.4. The number of amides is 1. The summed E-state index contributed by atoms with van der Waals surface area (Å²) in [6, 6.07) is 19.3. The van der Waals surface area contributed by atoms with Gasteiger partial charge in [-0.1, -0.05) is 54.5 Å². The van der Waals surface area contributed by atoms with Crippen LogP contribution < -0.4 is 0 Å². The number of likely N-dealkylation sites (tertiary alicyclic amines) is 2. The molecule has 5 atom stereocenters. The smallest absolute Gasteiger partial charge is 0.293 e. The zero-order valence-corrected chi connectivity index (χ0v) is 19.7. The third kappa shape index (κ3) is 3.30. The highest BCUT2D eigenvalue weighted by molar-refractivity contribution is 5.93. The Morgan fingerprint density at radius 1 is 1.12 bits per heavy atom. The molecular formula is C28H30FN3O2. The highest BCUT2D eigenvalue weighted by Gasteiger charge is 2.62. The number of likely N-dealkylation sites (N-methyl/N-ethyl adjacent to an activating group) is 1. The summed E-state index contributed by atoms with van der Waals surface area (Å²) < 4.78 is 19.3. The molecule has 0 N–H and O–H groups in total. The quantitative estimate of drug-likeness (QED) is 0.540. The molecule has 2 aromatic carbocycles. The van der Waals surface area contributed by atoms with Gasteiger partial charge in [0.15, 0.2) is 0 Å². The molecule has 1 amide bonds. The fourth-order valence-electron chi connectivity index (χ4n) is 7.10. The second-order valence-corrected chi connectivity index (χ2v) is 10.5. The van der Waals surface area contributed by atoms with Crippen molar-refractivity contribution in [3.05, 3.63) is 77.8 Å². The summed E-state index contributed by atoms with van der Waals surface area (Å²) in [5, 5.41) is 4.12. The van der Waals surface area contributed by atoms with Crippen LogP contribution in [0, 0.1) is 11.2 Å². The zero-order valence-electron chi connectivity index (χ0n) is 19.7. The molecule has 5 nitrogen and oxygen atoms in total. The second kappa shape index (κ2) is 8.05. The van der Waals surface area contributed by atoms with Crippen LogP contribution in [0.2, 0.25) is 0 Å². The molecule has 0 unspecified atom stereocenters. The molecular weight excluding hydrogens is 429 g/mol. The Morgan fingerprint density at radius 3 is 2.71 bits per heavy atom. The van der Waals surface area contributed by atoms with Crippen molar-refractivity contribution < 1.29 is 13.7 Å². The fraction of sp³-hybridized carbons (Fsp3) is 0.429. The van der Waals surface area contributed by atoms with Gasteiger partial charge in [0, 0.05) is 35.2 Å². The summed E-state index contributed by atoms with van der Waals surface area (Å²) >= 11 is 0. The topological polar surface area (TPSA) is 49.6 Å². The lowest BCUT2D eigenvalue weighted by molar-refractivity contribution is -0.0134. The van der Waals surface area contributed by atoms with Crippen LogP contribution in [0.4, 0.5) is 4.39 Å². The van der Waals surface area contributed by atoms with E-state index in [0.717, 1.165) is 25.7 Å². The number of hydrogen-bond donors (Lipinski definition) is 0. The SMILES string of the molecule is CN1[C@H]2CCC[C@H]3N(C(=O)c4cc(-c5cccc(F)c5)no4)[C@H](Cc4ccccc4)[C@@H]1C[C@@]23C. The van der Waals surface area contributed by atoms with Crippen molar-refractivity contribution in [3.8, 4) is 11.3 Å². The molecule has 3 heterocycles. The number of rotatable bonds is 4. The number of benzene rings is 2. The largest absolute Gasteiger partial charge is 0.350 e. The van der Waals surface area contributed by atoms with Gasteiger partial charge in [-0.05, 0) is 56.8 Å². The third-order valence-corrected chi connectivity index (χ3v) is 8.64. The van der Waals surface area contributed by atoms with E-state index in [9.17, 15) is 9.18 Å². The molecule has 1 aliphatic carbocycles. The number of carbonyl (C=O) groups excluding carboxylic acids is 1. The maximum Gasteiger partial charge on any atom is 0.293 e. The standard InChI is InChI=1S/C28H30FN3O2/c1-28-17-23-22(14-18-8-4-3-5-9-18)32(26(28)13-7-12-25(28)31(23)2)27(33)24-16-21(30-34-24)19-10-6-11-20(29)15-19/h3-6,8-11,15-16,22-23,25-26H,7,12-14,17H2,1-2H3/t22-,23+,25+,26-,28+/m1/s1. The maximum absolute atomic E-state index is 14.1. The van der Waals surface area contributed by atoms with Crippen molar-refractivity contribution in [2.45, 2.75) is 63.2 Å². The molecule has 2 saturated heterocycles. The van der Waals surface area contributed by atoms with Crippen LogP contribution in [0.25, 0.3) is 11.3 Å². The minimum Gasteiger partial charge on any atom is -0.350 e. The minimum atomic E-state index is -0.340. The van der Waals surface area contributed by atoms with Crippen molar-refractivity contribution in [1.29, 1.82) is 0 Å². The summed E-state index contributed by atoms with van der Waals surface area (Å²) in [4.78, 5) is 18.8. The van der Waals surface area contributed by atoms with E-state index >= 15 is 0 Å². The van der Waals surface area contributed by atoms with Crippen molar-refractivity contribution in [1.82, 2.24) is 15.0 Å². The van der Waals surface area contributed by atoms with Gasteiger partial charge in [-0.3, -0.25) is 9.69 Å². The van der Waals surface area contributed by atoms with Gasteiger partial charge in [-0.25, -0.2) is 4.39 Å². The average molecular weight is 460 g/mol. The monoisotopic (exact) mass is 459 g/mol. The summed E-state index contributed by atoms with van der Waals surface area (Å²) in [6.07, 6.45) is 5.24. The minimum absolute atomic E-state index is 0.0591. The Hall–Kier alpha value is -2.99. The Bertz CT molecular complexity index is 1210. The van der Waals surface area contributed by atoms with Crippen LogP contribution in [-0.4, -0.2) is 52.1 Å². The predicted octanol–water partition coefficient (Wildman–Crippen LogP) is 5.18. The highest BCUT2D eigenvalue weighted by Crippen LogP contribution is 2.56. The summed E-state index contributed by atoms with van der Waals surface area (Å²) in [5.41, 5.74) is 2.40. The second-order valence-electron chi connectivity index (χ2n) is 10.5. The van der Waals surface area contributed by atoms with E-state index < -0.39 is 0 Å². The van der Waals surface area contributed by atoms with Crippen LogP contribution >= 0.6 is 0 Å². The number of piperidine rings is 1. The number of carbonyl (C=O) groups is 1. The van der Waals surface area contributed by atoms with Gasteiger partial charge in [0.2, 0.25) is 5.76 Å². The molecule has 6 heteroatoms. The van der Waals surface area contributed by atoms with Crippen molar-refractivity contribution in [3.63, 3.8) is 0 Å². The molecule has 1 saturated carbocycles. The fourth-order valence-corrected chi connectivity index (χ4v) is 7.10. The van der Waals surface area contributed by atoms with Crippen molar-refractivity contribution in [2.75, 3.05) is 7.05 Å². The number of aromatic nitrogens is 1. The first-order chi connectivity index (χ1) is 16.5. The van der Waals surface area contributed by atoms with E-state index in [2.05, 4.69) is 53.2 Å². The summed E-state index contributed by atoms with van der Waals surface area (Å²) in [7, 11) is 2.24. The number of nitrogens with zero attached hydrogens (tertiary/aromatic N) is 3. The lowest BCUT2D eigenvalue weighted by Gasteiger charge is -2.53. The Morgan fingerprint density at radius 2 is 1.91 bits per heavy atom. The number of hydrogen-bond acceptors (Lipinski definition) is 4. The first-order valence-corrected chi connectivity index (χ1v) is 12.3. The van der Waals surface area contributed by atoms with E-state index in [1.165, 1.54) is 24.1 Å². The third-order valence-electron chi connectivity index (χ3n) is 8.64. The molecule has 2 aliphatic heterocycles. The van der Waals surface area contributed by atoms with Gasteiger partial charge < -0.3 is 9.42 Å². The van der Waals surface area contributed by atoms with Gasteiger partial charge in [-0.15, -0.1) is 0 Å². The average Bonchev–Trinajstić information content (AvgIpc) is 3.43. The molecule has 6 rings (SSSR count). The normalized spacial score (nSPS) is 30.5. The molecule has 3 aromatic rings. The van der Waals surface area contributed by atoms with Gasteiger partial charge in [0.1, 0.15) is 11.5 Å². The van der Waals surface area contributed by atoms with Gasteiger partial charge in [0.25, 0.3) is 5.91 Å². The molecule has 2 bridgehead atoms. The highest BCUT2D eigenvalue weighted by atomic mass is 19.1. The van der Waals surface area contributed by atoms with Crippen LogP contribution in [0.3, 0.4) is 0 Å². The van der Waals surface area contributed by atoms with Crippen LogP contribution in [0.15, 0.2) is 65.2 Å². The molecule has 1 aromatic heterocycles. The van der Waals surface area contributed by atoms with Crippen LogP contribution in [-0.2, 0) is 6.42 Å². The van der Waals surface area contributed by atoms with Crippen LogP contribution in [0.1, 0.15) is 48.7 Å². The molecule has 0 spiro atoms. The molecule has 0 radical (unpaired) electrons. The summed E-state index contributed by atoms with van der Waals surface area (Å²) in [6.45, 7) is 2.37. The van der Waals surface area contributed by atoms with Gasteiger partial charge in [-0.2, -0.15) is 0 Å². The lowest BCUT2D eigenvalue weighted by atomic mass is 9.64. The first-order valence-electron chi connectivity index (χ1n) is 12.3. The van der Waals surface area contributed by atoms with Crippen molar-refractivity contribution in [2.24, 2.45) is 5.41 Å². The van der Waals surface area contributed by atoms with E-state index in [-0.39, 0.29) is 35.0 Å². The molecule has 34 heavy (non-hydrogen) atoms. The van der Waals surface area contributed by atoms with E-state index in [0.29, 0.717) is 23.3 Å². The molecule has 3 fully saturated rings. The van der Waals surface area contributed by atoms with Crippen molar-refractivity contribution >= 4 is 5.91 Å². The van der Waals surface area contributed by atoms with E-state index in [1.54, 1.807) is 18.2 Å². The van der Waals surface area contributed by atoms with E-state index in [4.69, 9.17) is 4.52 Å². The maximum atomic E-state index is 14.1. The summed E-state index contributed by atoms with van der Waals surface area (Å²) in [5.74, 6) is -0.215. The Balaban J connectivity index is 1.39. The van der Waals surface area contributed by atoms with Gasteiger partial charge >= 0.3 is 0 Å². The molecule has 3 aliphatic rings. The van der Waals surface area contributed by atoms with E-state index in [1.807, 2.05) is 6.07 Å². The Kier molecular flexibility index (Phi) is 5.10. The lowest BCUT2D eigenvalue weighted by Crippen LogP contribution is -2.62. The van der Waals surface area contributed by atoms with Crippen LogP contribution in [0.5, 0.6) is 0 Å².